The van der Waals surface area contributed by atoms with Gasteiger partial charge in [-0.15, -0.1) is 0 Å². The van der Waals surface area contributed by atoms with Crippen LogP contribution in [-0.2, 0) is 5.60 Å². The van der Waals surface area contributed by atoms with Crippen LogP contribution >= 0.6 is 0 Å². The van der Waals surface area contributed by atoms with Gasteiger partial charge in [0, 0.05) is 5.56 Å². The summed E-state index contributed by atoms with van der Waals surface area (Å²) in [6.07, 6.45) is 3.61. The molecule has 2 heteroatoms. The molecule has 0 saturated heterocycles. The maximum atomic E-state index is 11.2. The number of carbonyl (C=O) groups is 1. The average Bonchev–Trinajstić information content (AvgIpc) is 2.46. The SMILES string of the molecule is CC(=O)c1ccc(/C=C/C(C)(O)c2ccccc2)cc1. The molecule has 0 aromatic heterocycles. The molecule has 0 amide bonds. The summed E-state index contributed by atoms with van der Waals surface area (Å²) in [4.78, 5) is 11.2. The van der Waals surface area contributed by atoms with Crippen molar-refractivity contribution in [1.29, 1.82) is 0 Å². The number of benzene rings is 2. The Morgan fingerprint density at radius 1 is 1.05 bits per heavy atom. The normalized spacial score (nSPS) is 14.2. The van der Waals surface area contributed by atoms with E-state index in [1.165, 1.54) is 0 Å². The van der Waals surface area contributed by atoms with Crippen molar-refractivity contribution >= 4 is 11.9 Å². The number of hydrogen-bond donors (Lipinski definition) is 1. The smallest absolute Gasteiger partial charge is 0.159 e. The van der Waals surface area contributed by atoms with Crippen LogP contribution in [0.25, 0.3) is 6.08 Å². The monoisotopic (exact) mass is 266 g/mol. The van der Waals surface area contributed by atoms with E-state index in [0.29, 0.717) is 5.56 Å². The molecule has 0 aliphatic rings. The van der Waals surface area contributed by atoms with E-state index >= 15 is 0 Å². The molecule has 20 heavy (non-hydrogen) atoms. The van der Waals surface area contributed by atoms with E-state index < -0.39 is 5.60 Å². The van der Waals surface area contributed by atoms with E-state index in [9.17, 15) is 9.90 Å². The highest BCUT2D eigenvalue weighted by atomic mass is 16.3. The van der Waals surface area contributed by atoms with Gasteiger partial charge in [-0.05, 0) is 31.1 Å². The van der Waals surface area contributed by atoms with Crippen LogP contribution in [0.3, 0.4) is 0 Å². The maximum Gasteiger partial charge on any atom is 0.159 e. The van der Waals surface area contributed by atoms with Gasteiger partial charge in [0.05, 0.1) is 0 Å². The van der Waals surface area contributed by atoms with Gasteiger partial charge in [0.25, 0.3) is 0 Å². The molecule has 0 aliphatic heterocycles. The zero-order valence-electron chi connectivity index (χ0n) is 11.7. The highest BCUT2D eigenvalue weighted by Gasteiger charge is 2.18. The summed E-state index contributed by atoms with van der Waals surface area (Å²) in [6, 6.07) is 16.8. The lowest BCUT2D eigenvalue weighted by Crippen LogP contribution is -2.17. The Kier molecular flexibility index (Phi) is 4.16. The Morgan fingerprint density at radius 3 is 2.20 bits per heavy atom. The van der Waals surface area contributed by atoms with Gasteiger partial charge in [-0.2, -0.15) is 0 Å². The Labute approximate surface area is 119 Å². The van der Waals surface area contributed by atoms with Crippen molar-refractivity contribution in [2.45, 2.75) is 19.4 Å². The van der Waals surface area contributed by atoms with Crippen LogP contribution in [0.4, 0.5) is 0 Å². The molecule has 0 radical (unpaired) electrons. The third kappa shape index (κ3) is 3.43. The van der Waals surface area contributed by atoms with E-state index in [1.807, 2.05) is 48.5 Å². The summed E-state index contributed by atoms with van der Waals surface area (Å²) < 4.78 is 0. The minimum Gasteiger partial charge on any atom is -0.381 e. The van der Waals surface area contributed by atoms with Gasteiger partial charge in [0.2, 0.25) is 0 Å². The zero-order chi connectivity index (χ0) is 14.6. The molecule has 1 atom stereocenters. The lowest BCUT2D eigenvalue weighted by atomic mass is 9.95. The number of carbonyl (C=O) groups excluding carboxylic acids is 1. The van der Waals surface area contributed by atoms with Crippen molar-refractivity contribution < 1.29 is 9.90 Å². The quantitative estimate of drug-likeness (QED) is 0.854. The molecule has 1 unspecified atom stereocenters. The predicted octanol–water partition coefficient (Wildman–Crippen LogP) is 3.81. The molecule has 102 valence electrons. The minimum atomic E-state index is -1.01. The topological polar surface area (TPSA) is 37.3 Å². The number of aliphatic hydroxyl groups is 1. The van der Waals surface area contributed by atoms with Crippen LogP contribution in [0.1, 0.15) is 35.3 Å². The van der Waals surface area contributed by atoms with E-state index in [2.05, 4.69) is 0 Å². The number of rotatable bonds is 4. The zero-order valence-corrected chi connectivity index (χ0v) is 11.7. The van der Waals surface area contributed by atoms with Crippen LogP contribution in [0.5, 0.6) is 0 Å². The van der Waals surface area contributed by atoms with Crippen LogP contribution in [0, 0.1) is 0 Å². The first-order valence-electron chi connectivity index (χ1n) is 6.57. The Bertz CT molecular complexity index is 608. The fourth-order valence-electron chi connectivity index (χ4n) is 1.96. The van der Waals surface area contributed by atoms with E-state index in [0.717, 1.165) is 11.1 Å². The summed E-state index contributed by atoms with van der Waals surface area (Å²) in [5, 5.41) is 10.4. The maximum absolute atomic E-state index is 11.2. The van der Waals surface area contributed by atoms with Crippen LogP contribution in [0.2, 0.25) is 0 Å². The van der Waals surface area contributed by atoms with Crippen molar-refractivity contribution in [3.63, 3.8) is 0 Å². The molecule has 2 aromatic carbocycles. The molecule has 2 rings (SSSR count). The average molecular weight is 266 g/mol. The highest BCUT2D eigenvalue weighted by Crippen LogP contribution is 2.22. The van der Waals surface area contributed by atoms with Crippen molar-refractivity contribution in [2.75, 3.05) is 0 Å². The molecular formula is C18H18O2. The Hall–Kier alpha value is -2.19. The minimum absolute atomic E-state index is 0.0526. The van der Waals surface area contributed by atoms with E-state index in [1.54, 1.807) is 32.1 Å². The second-order valence-electron chi connectivity index (χ2n) is 5.03. The first-order chi connectivity index (χ1) is 9.49. The van der Waals surface area contributed by atoms with Gasteiger partial charge in [-0.1, -0.05) is 60.7 Å². The molecule has 0 heterocycles. The molecule has 1 N–H and O–H groups in total. The molecule has 0 bridgehead atoms. The van der Waals surface area contributed by atoms with Gasteiger partial charge in [-0.3, -0.25) is 4.79 Å². The Morgan fingerprint density at radius 2 is 1.65 bits per heavy atom. The van der Waals surface area contributed by atoms with Crippen molar-refractivity contribution in [3.8, 4) is 0 Å². The molecule has 0 spiro atoms. The summed E-state index contributed by atoms with van der Waals surface area (Å²) in [6.45, 7) is 3.30. The lowest BCUT2D eigenvalue weighted by molar-refractivity contribution is 0.101. The standard InChI is InChI=1S/C18H18O2/c1-14(19)16-10-8-15(9-11-16)12-13-18(2,20)17-6-4-3-5-7-17/h3-13,20H,1-2H3/b13-12+. The summed E-state index contributed by atoms with van der Waals surface area (Å²) in [5.41, 5.74) is 1.47. The first kappa shape index (κ1) is 14.2. The second-order valence-corrected chi connectivity index (χ2v) is 5.03. The van der Waals surface area contributed by atoms with Gasteiger partial charge in [0.15, 0.2) is 5.78 Å². The van der Waals surface area contributed by atoms with Gasteiger partial charge in [-0.25, -0.2) is 0 Å². The number of Topliss-reactive ketones (excluding diaryl/α,β-unsaturated/α-hetero) is 1. The number of ketones is 1. The van der Waals surface area contributed by atoms with Crippen LogP contribution in [0.15, 0.2) is 60.7 Å². The first-order valence-corrected chi connectivity index (χ1v) is 6.57. The third-order valence-corrected chi connectivity index (χ3v) is 3.28. The fraction of sp³-hybridized carbons (Fsp3) is 0.167. The van der Waals surface area contributed by atoms with Gasteiger partial charge >= 0.3 is 0 Å². The third-order valence-electron chi connectivity index (χ3n) is 3.28. The summed E-state index contributed by atoms with van der Waals surface area (Å²) in [5.74, 6) is 0.0526. The lowest BCUT2D eigenvalue weighted by Gasteiger charge is -2.19. The highest BCUT2D eigenvalue weighted by molar-refractivity contribution is 5.94. The molecule has 0 saturated carbocycles. The largest absolute Gasteiger partial charge is 0.381 e. The molecular weight excluding hydrogens is 248 g/mol. The van der Waals surface area contributed by atoms with Gasteiger partial charge in [0.1, 0.15) is 5.60 Å². The summed E-state index contributed by atoms with van der Waals surface area (Å²) >= 11 is 0. The van der Waals surface area contributed by atoms with Crippen molar-refractivity contribution in [3.05, 3.63) is 77.4 Å². The van der Waals surface area contributed by atoms with E-state index in [4.69, 9.17) is 0 Å². The second kappa shape index (κ2) is 5.85. The molecule has 0 aliphatic carbocycles. The van der Waals surface area contributed by atoms with Crippen molar-refractivity contribution in [2.24, 2.45) is 0 Å². The van der Waals surface area contributed by atoms with Crippen LogP contribution < -0.4 is 0 Å². The molecule has 0 fully saturated rings. The molecule has 2 nitrogen and oxygen atoms in total. The molecule has 2 aromatic rings. The van der Waals surface area contributed by atoms with Gasteiger partial charge < -0.3 is 5.11 Å². The van der Waals surface area contributed by atoms with E-state index in [-0.39, 0.29) is 5.78 Å². The van der Waals surface area contributed by atoms with Crippen LogP contribution in [-0.4, -0.2) is 10.9 Å². The number of hydrogen-bond acceptors (Lipinski definition) is 2. The summed E-state index contributed by atoms with van der Waals surface area (Å²) in [7, 11) is 0. The van der Waals surface area contributed by atoms with Crippen molar-refractivity contribution in [1.82, 2.24) is 0 Å². The Balaban J connectivity index is 2.18. The fourth-order valence-corrected chi connectivity index (χ4v) is 1.96. The predicted molar refractivity (Wildman–Crippen MR) is 81.5 cm³/mol.